The zero-order valence-electron chi connectivity index (χ0n) is 28.3. The van der Waals surface area contributed by atoms with Crippen LogP contribution in [0.25, 0.3) is 88.3 Å². The fourth-order valence-electron chi connectivity index (χ4n) is 8.15. The van der Waals surface area contributed by atoms with E-state index >= 15 is 0 Å². The molecule has 2 heteroatoms. The lowest BCUT2D eigenvalue weighted by Gasteiger charge is -2.21. The van der Waals surface area contributed by atoms with E-state index < -0.39 is 0 Å². The van der Waals surface area contributed by atoms with Gasteiger partial charge in [-0.05, 0) is 68.8 Å². The summed E-state index contributed by atoms with van der Waals surface area (Å²) in [6.45, 7) is 8.69. The van der Waals surface area contributed by atoms with Crippen LogP contribution >= 0.6 is 0 Å². The van der Waals surface area contributed by atoms with Gasteiger partial charge in [0.05, 0.1) is 5.52 Å². The van der Waals surface area contributed by atoms with Gasteiger partial charge in [-0.2, -0.15) is 0 Å². The maximum Gasteiger partial charge on any atom is 0.143 e. The summed E-state index contributed by atoms with van der Waals surface area (Å²) < 4.78 is 6.39. The van der Waals surface area contributed by atoms with Crippen molar-refractivity contribution in [2.24, 2.45) is 0 Å². The fourth-order valence-corrected chi connectivity index (χ4v) is 8.15. The van der Waals surface area contributed by atoms with Gasteiger partial charge in [-0.1, -0.05) is 149 Å². The number of H-pyrrole nitrogens is 1. The van der Waals surface area contributed by atoms with Gasteiger partial charge >= 0.3 is 0 Å². The van der Waals surface area contributed by atoms with Gasteiger partial charge in [0.2, 0.25) is 0 Å². The van der Waals surface area contributed by atoms with Gasteiger partial charge in [0.15, 0.2) is 0 Å². The minimum absolute atomic E-state index is 0.0235. The van der Waals surface area contributed by atoms with E-state index in [0.29, 0.717) is 0 Å². The second-order valence-corrected chi connectivity index (χ2v) is 13.4. The van der Waals surface area contributed by atoms with Crippen LogP contribution in [0.4, 0.5) is 0 Å². The SMILES string of the molecule is CC.CC1(C)c2ccccc2-c2c(-c3cccc(-c4cccc5c4[nH]c4ccc(-c6cccc7c6oc6ccccc67)cc45)c3)cccc21. The Kier molecular flexibility index (Phi) is 6.64. The first-order valence-electron chi connectivity index (χ1n) is 17.4. The lowest BCUT2D eigenvalue weighted by atomic mass is 9.82. The van der Waals surface area contributed by atoms with E-state index in [2.05, 4.69) is 152 Å². The second-order valence-electron chi connectivity index (χ2n) is 13.4. The average Bonchev–Trinajstić information content (AvgIpc) is 3.80. The van der Waals surface area contributed by atoms with Crippen molar-refractivity contribution in [2.45, 2.75) is 33.1 Å². The number of hydrogen-bond donors (Lipinski definition) is 1. The molecule has 10 rings (SSSR count). The largest absolute Gasteiger partial charge is 0.455 e. The monoisotopic (exact) mass is 631 g/mol. The van der Waals surface area contributed by atoms with Crippen molar-refractivity contribution < 1.29 is 4.42 Å². The lowest BCUT2D eigenvalue weighted by Crippen LogP contribution is -2.14. The minimum atomic E-state index is -0.0235. The molecule has 2 aromatic heterocycles. The van der Waals surface area contributed by atoms with E-state index in [0.717, 1.165) is 44.1 Å². The zero-order chi connectivity index (χ0) is 33.3. The van der Waals surface area contributed by atoms with E-state index in [1.165, 1.54) is 55.3 Å². The molecule has 0 amide bonds. The molecule has 0 fully saturated rings. The Morgan fingerprint density at radius 3 is 1.96 bits per heavy atom. The number of aromatic amines is 1. The summed E-state index contributed by atoms with van der Waals surface area (Å²) in [4.78, 5) is 3.78. The quantitative estimate of drug-likeness (QED) is 0.206. The third-order valence-electron chi connectivity index (χ3n) is 10.4. The summed E-state index contributed by atoms with van der Waals surface area (Å²) in [5, 5.41) is 4.73. The van der Waals surface area contributed by atoms with E-state index in [1.54, 1.807) is 0 Å². The van der Waals surface area contributed by atoms with Crippen molar-refractivity contribution in [3.8, 4) is 44.5 Å². The van der Waals surface area contributed by atoms with Gasteiger partial charge in [0.25, 0.3) is 0 Å². The standard InChI is InChI=1S/C45H31NO.C2H6/c1-45(2)38-20-5-3-14-36(38)42-30(15-10-21-39(42)45)27-11-7-12-28(25-27)31-16-8-18-34-37-26-29(23-24-40(37)46-43(31)34)32-17-9-19-35-33-13-4-6-22-41(33)47-44(32)35;1-2/h3-26,46H,1-2H3;1-2H3. The molecule has 2 nitrogen and oxygen atoms in total. The number of aromatic nitrogens is 1. The molecule has 1 aliphatic rings. The smallest absolute Gasteiger partial charge is 0.143 e. The van der Waals surface area contributed by atoms with Crippen LogP contribution in [0.3, 0.4) is 0 Å². The minimum Gasteiger partial charge on any atom is -0.455 e. The summed E-state index contributed by atoms with van der Waals surface area (Å²) >= 11 is 0. The summed E-state index contributed by atoms with van der Waals surface area (Å²) in [5.41, 5.74) is 16.8. The highest BCUT2D eigenvalue weighted by Crippen LogP contribution is 2.52. The van der Waals surface area contributed by atoms with Gasteiger partial charge < -0.3 is 9.40 Å². The van der Waals surface area contributed by atoms with Gasteiger partial charge in [-0.25, -0.2) is 0 Å². The molecule has 0 aliphatic heterocycles. The van der Waals surface area contributed by atoms with E-state index in [1.807, 2.05) is 26.0 Å². The molecule has 0 bridgehead atoms. The number of benzene rings is 7. The van der Waals surface area contributed by atoms with Gasteiger partial charge in [-0.15, -0.1) is 0 Å². The maximum absolute atomic E-state index is 6.39. The number of furan rings is 1. The Morgan fingerprint density at radius 2 is 1.08 bits per heavy atom. The first kappa shape index (κ1) is 29.3. The first-order chi connectivity index (χ1) is 24.1. The van der Waals surface area contributed by atoms with Crippen LogP contribution < -0.4 is 0 Å². The molecular weight excluding hydrogens is 595 g/mol. The van der Waals surface area contributed by atoms with Crippen molar-refractivity contribution >= 4 is 43.7 Å². The molecule has 49 heavy (non-hydrogen) atoms. The van der Waals surface area contributed by atoms with Crippen LogP contribution in [-0.4, -0.2) is 4.98 Å². The first-order valence-corrected chi connectivity index (χ1v) is 17.4. The van der Waals surface area contributed by atoms with Crippen molar-refractivity contribution in [2.75, 3.05) is 0 Å². The molecule has 0 unspecified atom stereocenters. The highest BCUT2D eigenvalue weighted by atomic mass is 16.3. The number of para-hydroxylation sites is 3. The van der Waals surface area contributed by atoms with Crippen LogP contribution in [0, 0.1) is 0 Å². The molecule has 9 aromatic rings. The summed E-state index contributed by atoms with van der Waals surface area (Å²) in [5.74, 6) is 0. The third kappa shape index (κ3) is 4.34. The molecule has 236 valence electrons. The van der Waals surface area contributed by atoms with Crippen LogP contribution in [0.1, 0.15) is 38.8 Å². The van der Waals surface area contributed by atoms with Gasteiger partial charge in [0.1, 0.15) is 11.2 Å². The highest BCUT2D eigenvalue weighted by Gasteiger charge is 2.36. The van der Waals surface area contributed by atoms with Crippen molar-refractivity contribution in [3.63, 3.8) is 0 Å². The van der Waals surface area contributed by atoms with Gasteiger partial charge in [-0.3, -0.25) is 0 Å². The molecule has 0 saturated heterocycles. The van der Waals surface area contributed by atoms with Gasteiger partial charge in [0, 0.05) is 43.6 Å². The summed E-state index contributed by atoms with van der Waals surface area (Å²) in [6, 6.07) is 52.8. The zero-order valence-corrected chi connectivity index (χ0v) is 28.3. The summed E-state index contributed by atoms with van der Waals surface area (Å²) in [6.07, 6.45) is 0. The van der Waals surface area contributed by atoms with Crippen LogP contribution in [0.5, 0.6) is 0 Å². The Hall–Kier alpha value is -5.86. The molecule has 0 radical (unpaired) electrons. The topological polar surface area (TPSA) is 28.9 Å². The Labute approximate surface area is 286 Å². The van der Waals surface area contributed by atoms with Crippen LogP contribution in [-0.2, 0) is 5.41 Å². The molecule has 0 spiro atoms. The predicted molar refractivity (Wildman–Crippen MR) is 208 cm³/mol. The fraction of sp³-hybridized carbons (Fsp3) is 0.106. The highest BCUT2D eigenvalue weighted by molar-refractivity contribution is 6.14. The number of fused-ring (bicyclic) bond motifs is 9. The average molecular weight is 632 g/mol. The molecule has 7 aromatic carbocycles. The predicted octanol–water partition coefficient (Wildman–Crippen LogP) is 13.6. The molecule has 2 heterocycles. The Bertz CT molecular complexity index is 2720. The molecular formula is C47H37NO. The Morgan fingerprint density at radius 1 is 0.469 bits per heavy atom. The van der Waals surface area contributed by atoms with Crippen LogP contribution in [0.2, 0.25) is 0 Å². The lowest BCUT2D eigenvalue weighted by molar-refractivity contribution is 0.660. The van der Waals surface area contributed by atoms with Crippen molar-refractivity contribution in [3.05, 3.63) is 157 Å². The molecule has 1 aliphatic carbocycles. The number of rotatable bonds is 3. The summed E-state index contributed by atoms with van der Waals surface area (Å²) in [7, 11) is 0. The molecule has 1 N–H and O–H groups in total. The third-order valence-corrected chi connectivity index (χ3v) is 10.4. The van der Waals surface area contributed by atoms with E-state index in [4.69, 9.17) is 4.42 Å². The van der Waals surface area contributed by atoms with Crippen LogP contribution in [0.15, 0.2) is 150 Å². The van der Waals surface area contributed by atoms with Crippen molar-refractivity contribution in [1.82, 2.24) is 4.98 Å². The normalized spacial score (nSPS) is 13.1. The van der Waals surface area contributed by atoms with E-state index in [-0.39, 0.29) is 5.41 Å². The van der Waals surface area contributed by atoms with Crippen molar-refractivity contribution in [1.29, 1.82) is 0 Å². The Balaban J connectivity index is 0.00000160. The second kappa shape index (κ2) is 11.1. The molecule has 0 saturated carbocycles. The molecule has 0 atom stereocenters. The number of nitrogens with one attached hydrogen (secondary N) is 1. The number of hydrogen-bond acceptors (Lipinski definition) is 1. The van der Waals surface area contributed by atoms with E-state index in [9.17, 15) is 0 Å². The maximum atomic E-state index is 6.39.